The van der Waals surface area contributed by atoms with Crippen molar-refractivity contribution in [2.75, 3.05) is 34.9 Å². The Hall–Kier alpha value is -1.09. The lowest BCUT2D eigenvalue weighted by Crippen LogP contribution is -2.47. The van der Waals surface area contributed by atoms with E-state index in [0.717, 1.165) is 5.75 Å². The molecule has 1 unspecified atom stereocenters. The molecule has 0 aromatic carbocycles. The highest BCUT2D eigenvalue weighted by Crippen LogP contribution is 2.23. The number of hydrogen-bond donors (Lipinski definition) is 1. The monoisotopic (exact) mass is 275 g/mol. The van der Waals surface area contributed by atoms with Crippen molar-refractivity contribution in [1.29, 1.82) is 0 Å². The molecule has 2 rings (SSSR count). The lowest BCUT2D eigenvalue weighted by molar-refractivity contribution is 0.582. The van der Waals surface area contributed by atoms with Gasteiger partial charge >= 0.3 is 0 Å². The molecule has 1 aliphatic heterocycles. The van der Waals surface area contributed by atoms with Crippen molar-refractivity contribution in [3.8, 4) is 0 Å². The van der Waals surface area contributed by atoms with Crippen LogP contribution in [0.5, 0.6) is 0 Å². The van der Waals surface area contributed by atoms with Crippen molar-refractivity contribution in [2.24, 2.45) is 0 Å². The molecule has 7 nitrogen and oxygen atoms in total. The minimum Gasteiger partial charge on any atom is -0.368 e. The Labute approximate surface area is 104 Å². The first-order valence-electron chi connectivity index (χ1n) is 4.96. The smallest absolute Gasteiger partial charge is 0.231 e. The zero-order valence-electron chi connectivity index (χ0n) is 9.28. The molecular formula is C8H13N5O2S2. The third kappa shape index (κ3) is 2.78. The fraction of sp³-hybridized carbons (Fsp3) is 0.625. The highest BCUT2D eigenvalue weighted by Gasteiger charge is 2.32. The van der Waals surface area contributed by atoms with Gasteiger partial charge in [-0.1, -0.05) is 0 Å². The average Bonchev–Trinajstić information content (AvgIpc) is 2.28. The molecular weight excluding hydrogens is 262 g/mol. The topological polar surface area (TPSA) is 102 Å². The van der Waals surface area contributed by atoms with Crippen LogP contribution in [0.3, 0.4) is 0 Å². The summed E-state index contributed by atoms with van der Waals surface area (Å²) in [7, 11) is -3.17. The lowest BCUT2D eigenvalue weighted by atomic mass is 10.5. The summed E-state index contributed by atoms with van der Waals surface area (Å²) in [5, 5.41) is -0.594. The van der Waals surface area contributed by atoms with Gasteiger partial charge in [-0.3, -0.25) is 0 Å². The molecule has 2 heterocycles. The molecule has 1 aromatic rings. The Kier molecular flexibility index (Phi) is 3.38. The number of sulfone groups is 1. The molecule has 94 valence electrons. The lowest BCUT2D eigenvalue weighted by Gasteiger charge is -2.33. The summed E-state index contributed by atoms with van der Waals surface area (Å²) in [5.74, 6) is 1.79. The molecule has 2 N–H and O–H groups in total. The van der Waals surface area contributed by atoms with Gasteiger partial charge in [0.15, 0.2) is 9.84 Å². The second-order valence-corrected chi connectivity index (χ2v) is 7.05. The van der Waals surface area contributed by atoms with Crippen LogP contribution in [-0.2, 0) is 9.84 Å². The van der Waals surface area contributed by atoms with E-state index in [1.807, 2.05) is 0 Å². The SMILES string of the molecule is CS(=O)(=O)C1CSCCN1c1ncnc(N)n1. The number of thioether (sulfide) groups is 1. The largest absolute Gasteiger partial charge is 0.368 e. The van der Waals surface area contributed by atoms with Crippen molar-refractivity contribution >= 4 is 33.5 Å². The van der Waals surface area contributed by atoms with Crippen LogP contribution in [0.2, 0.25) is 0 Å². The molecule has 1 atom stereocenters. The number of nitrogens with zero attached hydrogens (tertiary/aromatic N) is 4. The Morgan fingerprint density at radius 2 is 2.29 bits per heavy atom. The Morgan fingerprint density at radius 3 is 2.94 bits per heavy atom. The first kappa shape index (κ1) is 12.4. The zero-order chi connectivity index (χ0) is 12.5. The van der Waals surface area contributed by atoms with E-state index >= 15 is 0 Å². The molecule has 17 heavy (non-hydrogen) atoms. The van der Waals surface area contributed by atoms with Crippen LogP contribution in [0.25, 0.3) is 0 Å². The molecule has 0 aliphatic carbocycles. The first-order chi connectivity index (χ1) is 7.98. The summed E-state index contributed by atoms with van der Waals surface area (Å²) < 4.78 is 23.4. The average molecular weight is 275 g/mol. The molecule has 0 bridgehead atoms. The maximum atomic E-state index is 11.7. The number of aromatic nitrogens is 3. The van der Waals surface area contributed by atoms with Crippen molar-refractivity contribution in [1.82, 2.24) is 15.0 Å². The first-order valence-corrected chi connectivity index (χ1v) is 8.07. The normalized spacial score (nSPS) is 21.5. The van der Waals surface area contributed by atoms with Gasteiger partial charge < -0.3 is 10.6 Å². The predicted octanol–water partition coefficient (Wildman–Crippen LogP) is -0.622. The molecule has 0 amide bonds. The van der Waals surface area contributed by atoms with Crippen LogP contribution in [0, 0.1) is 0 Å². The molecule has 1 fully saturated rings. The van der Waals surface area contributed by atoms with Gasteiger partial charge in [0.1, 0.15) is 11.7 Å². The van der Waals surface area contributed by atoms with Crippen LogP contribution >= 0.6 is 11.8 Å². The molecule has 0 spiro atoms. The van der Waals surface area contributed by atoms with Gasteiger partial charge in [-0.05, 0) is 0 Å². The van der Waals surface area contributed by atoms with Crippen LogP contribution in [0.1, 0.15) is 0 Å². The molecule has 1 aliphatic rings. The summed E-state index contributed by atoms with van der Waals surface area (Å²) in [6.45, 7) is 0.589. The van der Waals surface area contributed by atoms with E-state index in [4.69, 9.17) is 5.73 Å². The van der Waals surface area contributed by atoms with Crippen LogP contribution < -0.4 is 10.6 Å². The summed E-state index contributed by atoms with van der Waals surface area (Å²) in [4.78, 5) is 13.3. The van der Waals surface area contributed by atoms with Crippen molar-refractivity contribution < 1.29 is 8.42 Å². The Balaban J connectivity index is 2.34. The third-order valence-electron chi connectivity index (χ3n) is 2.41. The quantitative estimate of drug-likeness (QED) is 0.761. The molecule has 9 heteroatoms. The van der Waals surface area contributed by atoms with Crippen molar-refractivity contribution in [2.45, 2.75) is 5.37 Å². The van der Waals surface area contributed by atoms with E-state index in [1.54, 1.807) is 16.7 Å². The highest BCUT2D eigenvalue weighted by atomic mass is 32.2. The van der Waals surface area contributed by atoms with Crippen LogP contribution in [0.4, 0.5) is 11.9 Å². The Bertz CT molecular complexity index is 506. The minimum atomic E-state index is -3.17. The van der Waals surface area contributed by atoms with Crippen molar-refractivity contribution in [3.05, 3.63) is 6.33 Å². The summed E-state index contributed by atoms with van der Waals surface area (Å²) in [6, 6.07) is 0. The van der Waals surface area contributed by atoms with Gasteiger partial charge in [-0.25, -0.2) is 18.4 Å². The standard InChI is InChI=1S/C8H13N5O2S2/c1-17(14,15)6-4-16-3-2-13(6)8-11-5-10-7(9)12-8/h5-6H,2-4H2,1H3,(H2,9,10,11,12). The van der Waals surface area contributed by atoms with Crippen LogP contribution in [-0.4, -0.2) is 53.0 Å². The van der Waals surface area contributed by atoms with E-state index in [2.05, 4.69) is 15.0 Å². The van der Waals surface area contributed by atoms with E-state index in [0.29, 0.717) is 18.2 Å². The molecule has 0 radical (unpaired) electrons. The summed E-state index contributed by atoms with van der Waals surface area (Å²) >= 11 is 1.61. The number of nitrogens with two attached hydrogens (primary N) is 1. The molecule has 1 aromatic heterocycles. The van der Waals surface area contributed by atoms with Gasteiger partial charge in [0.2, 0.25) is 11.9 Å². The van der Waals surface area contributed by atoms with E-state index in [1.165, 1.54) is 12.6 Å². The summed E-state index contributed by atoms with van der Waals surface area (Å²) in [5.41, 5.74) is 5.48. The molecule has 0 saturated carbocycles. The van der Waals surface area contributed by atoms with Gasteiger partial charge in [0.05, 0.1) is 0 Å². The van der Waals surface area contributed by atoms with Gasteiger partial charge in [-0.2, -0.15) is 16.7 Å². The summed E-state index contributed by atoms with van der Waals surface area (Å²) in [6.07, 6.45) is 2.51. The number of hydrogen-bond acceptors (Lipinski definition) is 8. The number of nitrogen functional groups attached to an aromatic ring is 1. The highest BCUT2D eigenvalue weighted by molar-refractivity contribution is 8.01. The predicted molar refractivity (Wildman–Crippen MR) is 67.5 cm³/mol. The number of anilines is 2. The fourth-order valence-corrected chi connectivity index (χ4v) is 4.42. The van der Waals surface area contributed by atoms with Gasteiger partial charge in [0, 0.05) is 24.3 Å². The third-order valence-corrected chi connectivity index (χ3v) is 5.06. The van der Waals surface area contributed by atoms with Crippen molar-refractivity contribution in [3.63, 3.8) is 0 Å². The fourth-order valence-electron chi connectivity index (χ4n) is 1.60. The maximum absolute atomic E-state index is 11.7. The second kappa shape index (κ2) is 4.65. The van der Waals surface area contributed by atoms with E-state index in [-0.39, 0.29) is 5.95 Å². The zero-order valence-corrected chi connectivity index (χ0v) is 10.9. The maximum Gasteiger partial charge on any atom is 0.231 e. The van der Waals surface area contributed by atoms with Crippen LogP contribution in [0.15, 0.2) is 6.33 Å². The van der Waals surface area contributed by atoms with Gasteiger partial charge in [0.25, 0.3) is 0 Å². The van der Waals surface area contributed by atoms with Gasteiger partial charge in [-0.15, -0.1) is 0 Å². The number of rotatable bonds is 2. The van der Waals surface area contributed by atoms with E-state index in [9.17, 15) is 8.42 Å². The second-order valence-electron chi connectivity index (χ2n) is 3.70. The molecule has 1 saturated heterocycles. The minimum absolute atomic E-state index is 0.0977. The Morgan fingerprint density at radius 1 is 1.53 bits per heavy atom. The van der Waals surface area contributed by atoms with E-state index < -0.39 is 15.2 Å².